The van der Waals surface area contributed by atoms with Gasteiger partial charge in [-0.25, -0.2) is 4.98 Å². The molecule has 1 aliphatic rings. The van der Waals surface area contributed by atoms with E-state index < -0.39 is 0 Å². The molecule has 120 valence electrons. The van der Waals surface area contributed by atoms with E-state index in [9.17, 15) is 0 Å². The smallest absolute Gasteiger partial charge is 0.263 e. The summed E-state index contributed by atoms with van der Waals surface area (Å²) in [6, 6.07) is 0.778. The predicted octanol–water partition coefficient (Wildman–Crippen LogP) is 2.99. The molecule has 2 aromatic rings. The first-order valence-corrected chi connectivity index (χ1v) is 8.34. The molecule has 1 N–H and O–H groups in total. The van der Waals surface area contributed by atoms with Crippen molar-refractivity contribution < 1.29 is 4.52 Å². The molecule has 2 aromatic heterocycles. The summed E-state index contributed by atoms with van der Waals surface area (Å²) < 4.78 is 5.17. The third-order valence-corrected chi connectivity index (χ3v) is 4.58. The van der Waals surface area contributed by atoms with E-state index in [2.05, 4.69) is 32.3 Å². The zero-order valence-electron chi connectivity index (χ0n) is 13.5. The molecule has 0 bridgehead atoms. The maximum absolute atomic E-state index is 5.17. The maximum atomic E-state index is 5.17. The lowest BCUT2D eigenvalue weighted by Crippen LogP contribution is -2.40. The van der Waals surface area contributed by atoms with Crippen LogP contribution in [0.1, 0.15) is 44.7 Å². The first-order chi connectivity index (χ1) is 10.8. The fourth-order valence-corrected chi connectivity index (χ4v) is 3.36. The highest BCUT2D eigenvalue weighted by molar-refractivity contribution is 5.87. The summed E-state index contributed by atoms with van der Waals surface area (Å²) in [4.78, 5) is 11.1. The summed E-state index contributed by atoms with van der Waals surface area (Å²) >= 11 is 0. The Morgan fingerprint density at radius 1 is 1.36 bits per heavy atom. The number of hydrogen-bond donors (Lipinski definition) is 1. The highest BCUT2D eigenvalue weighted by Gasteiger charge is 2.19. The zero-order chi connectivity index (χ0) is 15.4. The third-order valence-electron chi connectivity index (χ3n) is 4.58. The second-order valence-corrected chi connectivity index (χ2v) is 6.04. The van der Waals surface area contributed by atoms with E-state index in [1.54, 1.807) is 0 Å². The molecule has 0 radical (unpaired) electrons. The van der Waals surface area contributed by atoms with E-state index in [4.69, 9.17) is 4.52 Å². The lowest BCUT2D eigenvalue weighted by atomic mass is 10.00. The summed E-state index contributed by atoms with van der Waals surface area (Å²) in [5.41, 5.74) is 1.39. The van der Waals surface area contributed by atoms with Gasteiger partial charge in [0, 0.05) is 19.1 Å². The molecule has 0 amide bonds. The molecular weight excluding hydrogens is 278 g/mol. The molecule has 6 heteroatoms. The van der Waals surface area contributed by atoms with E-state index >= 15 is 0 Å². The third kappa shape index (κ3) is 3.21. The van der Waals surface area contributed by atoms with Crippen LogP contribution in [0.3, 0.4) is 0 Å². The van der Waals surface area contributed by atoms with Crippen molar-refractivity contribution in [3.05, 3.63) is 12.0 Å². The number of likely N-dealkylation sites (tertiary alicyclic amines) is 1. The minimum Gasteiger partial charge on any atom is -0.369 e. The number of aryl methyl sites for hydroxylation is 1. The van der Waals surface area contributed by atoms with Gasteiger partial charge in [-0.15, -0.1) is 0 Å². The first kappa shape index (κ1) is 15.2. The molecule has 0 spiro atoms. The average molecular weight is 303 g/mol. The fourth-order valence-electron chi connectivity index (χ4n) is 3.36. The summed E-state index contributed by atoms with van der Waals surface area (Å²) in [6.45, 7) is 7.53. The van der Waals surface area contributed by atoms with E-state index in [0.717, 1.165) is 42.5 Å². The van der Waals surface area contributed by atoms with Crippen molar-refractivity contribution in [2.75, 3.05) is 25.0 Å². The SMILES string of the molecule is CC[C@H]1CCCCN1CCCNc1ncnc2onc(C)c12. The van der Waals surface area contributed by atoms with Crippen molar-refractivity contribution in [3.8, 4) is 0 Å². The van der Waals surface area contributed by atoms with Gasteiger partial charge in [-0.3, -0.25) is 0 Å². The highest BCUT2D eigenvalue weighted by Crippen LogP contribution is 2.22. The van der Waals surface area contributed by atoms with Crippen molar-refractivity contribution in [2.24, 2.45) is 0 Å². The second-order valence-electron chi connectivity index (χ2n) is 6.04. The molecule has 0 saturated carbocycles. The van der Waals surface area contributed by atoms with Gasteiger partial charge in [-0.05, 0) is 39.2 Å². The Morgan fingerprint density at radius 2 is 2.27 bits per heavy atom. The molecule has 6 nitrogen and oxygen atoms in total. The molecular formula is C16H25N5O. The van der Waals surface area contributed by atoms with Crippen molar-refractivity contribution in [1.82, 2.24) is 20.0 Å². The van der Waals surface area contributed by atoms with Crippen LogP contribution in [0.2, 0.25) is 0 Å². The minimum atomic E-state index is 0.553. The van der Waals surface area contributed by atoms with E-state index in [0.29, 0.717) is 5.71 Å². The van der Waals surface area contributed by atoms with Crippen molar-refractivity contribution in [3.63, 3.8) is 0 Å². The summed E-state index contributed by atoms with van der Waals surface area (Å²) in [5.74, 6) is 0.828. The normalized spacial score (nSPS) is 19.6. The van der Waals surface area contributed by atoms with Gasteiger partial charge >= 0.3 is 0 Å². The second kappa shape index (κ2) is 7.05. The van der Waals surface area contributed by atoms with Crippen molar-refractivity contribution >= 4 is 16.9 Å². The number of nitrogens with zero attached hydrogens (tertiary/aromatic N) is 4. The van der Waals surface area contributed by atoms with Crippen LogP contribution in [0.25, 0.3) is 11.1 Å². The van der Waals surface area contributed by atoms with Crippen LogP contribution in [0.15, 0.2) is 10.9 Å². The van der Waals surface area contributed by atoms with Crippen LogP contribution < -0.4 is 5.32 Å². The zero-order valence-corrected chi connectivity index (χ0v) is 13.5. The van der Waals surface area contributed by atoms with E-state index in [1.165, 1.54) is 38.6 Å². The van der Waals surface area contributed by atoms with Gasteiger partial charge < -0.3 is 14.7 Å². The number of aromatic nitrogens is 3. The molecule has 1 fully saturated rings. The monoisotopic (exact) mass is 303 g/mol. The number of nitrogens with one attached hydrogen (secondary N) is 1. The lowest BCUT2D eigenvalue weighted by Gasteiger charge is -2.35. The summed E-state index contributed by atoms with van der Waals surface area (Å²) in [5, 5.41) is 8.26. The Bertz CT molecular complexity index is 612. The number of anilines is 1. The van der Waals surface area contributed by atoms with Gasteiger partial charge in [0.15, 0.2) is 0 Å². The van der Waals surface area contributed by atoms with Gasteiger partial charge in [0.05, 0.1) is 5.69 Å². The highest BCUT2D eigenvalue weighted by atomic mass is 16.5. The van der Waals surface area contributed by atoms with Crippen molar-refractivity contribution in [1.29, 1.82) is 0 Å². The van der Waals surface area contributed by atoms with E-state index in [-0.39, 0.29) is 0 Å². The lowest BCUT2D eigenvalue weighted by molar-refractivity contribution is 0.144. The van der Waals surface area contributed by atoms with Gasteiger partial charge in [0.2, 0.25) is 0 Å². The molecule has 1 atom stereocenters. The van der Waals surface area contributed by atoms with Crippen LogP contribution in [-0.2, 0) is 0 Å². The Labute approximate surface area is 131 Å². The minimum absolute atomic E-state index is 0.553. The van der Waals surface area contributed by atoms with Crippen LogP contribution in [-0.4, -0.2) is 45.7 Å². The van der Waals surface area contributed by atoms with Gasteiger partial charge in [0.25, 0.3) is 5.71 Å². The molecule has 0 aliphatic carbocycles. The number of fused-ring (bicyclic) bond motifs is 1. The molecule has 22 heavy (non-hydrogen) atoms. The van der Waals surface area contributed by atoms with E-state index in [1.807, 2.05) is 6.92 Å². The number of rotatable bonds is 6. The molecule has 1 aliphatic heterocycles. The van der Waals surface area contributed by atoms with Gasteiger partial charge in [0.1, 0.15) is 17.5 Å². The van der Waals surface area contributed by atoms with Crippen molar-refractivity contribution in [2.45, 2.75) is 52.0 Å². The van der Waals surface area contributed by atoms with Gasteiger partial charge in [-0.2, -0.15) is 4.98 Å². The molecule has 3 rings (SSSR count). The fraction of sp³-hybridized carbons (Fsp3) is 0.688. The topological polar surface area (TPSA) is 67.1 Å². The number of piperidine rings is 1. The Balaban J connectivity index is 1.53. The Kier molecular flexibility index (Phi) is 4.87. The maximum Gasteiger partial charge on any atom is 0.263 e. The molecule has 0 unspecified atom stereocenters. The summed E-state index contributed by atoms with van der Waals surface area (Å²) in [6.07, 6.45) is 7.99. The summed E-state index contributed by atoms with van der Waals surface area (Å²) in [7, 11) is 0. The predicted molar refractivity (Wildman–Crippen MR) is 86.9 cm³/mol. The number of hydrogen-bond acceptors (Lipinski definition) is 6. The van der Waals surface area contributed by atoms with Gasteiger partial charge in [-0.1, -0.05) is 18.5 Å². The average Bonchev–Trinajstić information content (AvgIpc) is 2.94. The van der Waals surface area contributed by atoms with Crippen LogP contribution in [0, 0.1) is 6.92 Å². The standard InChI is InChI=1S/C16H25N5O/c1-3-13-7-4-5-9-21(13)10-6-8-17-15-14-12(2)20-22-16(14)19-11-18-15/h11,13H,3-10H2,1-2H3,(H,17,18,19)/t13-/m0/s1. The Hall–Kier alpha value is -1.69. The first-order valence-electron chi connectivity index (χ1n) is 8.34. The Morgan fingerprint density at radius 3 is 3.14 bits per heavy atom. The van der Waals surface area contributed by atoms with Crippen LogP contribution >= 0.6 is 0 Å². The molecule has 1 saturated heterocycles. The van der Waals surface area contributed by atoms with Crippen LogP contribution in [0.4, 0.5) is 5.82 Å². The van der Waals surface area contributed by atoms with Crippen LogP contribution in [0.5, 0.6) is 0 Å². The molecule has 0 aromatic carbocycles. The largest absolute Gasteiger partial charge is 0.369 e. The molecule has 3 heterocycles. The quantitative estimate of drug-likeness (QED) is 0.828.